The number of aromatic nitrogens is 1. The van der Waals surface area contributed by atoms with Gasteiger partial charge in [-0.2, -0.15) is 0 Å². The number of nitrogens with zero attached hydrogens (tertiary/aromatic N) is 2. The highest BCUT2D eigenvalue weighted by Crippen LogP contribution is 2.29. The molecular weight excluding hydrogens is 232 g/mol. The molecule has 0 saturated heterocycles. The second-order valence-electron chi connectivity index (χ2n) is 6.07. The van der Waals surface area contributed by atoms with E-state index < -0.39 is 0 Å². The Balaban J connectivity index is 2.00. The lowest BCUT2D eigenvalue weighted by molar-refractivity contribution is 0.320. The summed E-state index contributed by atoms with van der Waals surface area (Å²) in [6.45, 7) is 4.62. The summed E-state index contributed by atoms with van der Waals surface area (Å²) in [6, 6.07) is 5.12. The normalized spacial score (nSPS) is 23.3. The van der Waals surface area contributed by atoms with Gasteiger partial charge < -0.3 is 4.90 Å². The minimum Gasteiger partial charge on any atom is -0.356 e. The molecule has 0 radical (unpaired) electrons. The Kier molecular flexibility index (Phi) is 5.24. The fraction of sp³-hybridized carbons (Fsp3) is 0.706. The molecular formula is C17H28N2. The Hall–Kier alpha value is -1.05. The number of pyridine rings is 1. The van der Waals surface area contributed by atoms with Crippen LogP contribution in [0, 0.1) is 5.92 Å². The second-order valence-corrected chi connectivity index (χ2v) is 6.07. The maximum Gasteiger partial charge on any atom is 0.128 e. The summed E-state index contributed by atoms with van der Waals surface area (Å²) in [5.74, 6) is 1.93. The van der Waals surface area contributed by atoms with Gasteiger partial charge in [0.1, 0.15) is 5.82 Å². The van der Waals surface area contributed by atoms with Gasteiger partial charge in [-0.15, -0.1) is 0 Å². The Morgan fingerprint density at radius 1 is 1.26 bits per heavy atom. The molecule has 2 atom stereocenters. The quantitative estimate of drug-likeness (QED) is 0.778. The third-order valence-electron chi connectivity index (χ3n) is 4.55. The van der Waals surface area contributed by atoms with Gasteiger partial charge in [0.2, 0.25) is 0 Å². The van der Waals surface area contributed by atoms with Crippen molar-refractivity contribution in [2.45, 2.75) is 64.8 Å². The minimum atomic E-state index is 0.669. The molecule has 0 aliphatic heterocycles. The summed E-state index contributed by atoms with van der Waals surface area (Å²) in [4.78, 5) is 7.06. The summed E-state index contributed by atoms with van der Waals surface area (Å²) in [5, 5.41) is 0. The maximum absolute atomic E-state index is 4.67. The molecule has 0 bridgehead atoms. The lowest BCUT2D eigenvalue weighted by Gasteiger charge is -2.37. The van der Waals surface area contributed by atoms with Gasteiger partial charge in [0, 0.05) is 19.3 Å². The van der Waals surface area contributed by atoms with E-state index in [9.17, 15) is 0 Å². The Labute approximate surface area is 118 Å². The zero-order chi connectivity index (χ0) is 13.7. The van der Waals surface area contributed by atoms with Crippen LogP contribution in [0.4, 0.5) is 5.82 Å². The molecule has 0 aromatic carbocycles. The van der Waals surface area contributed by atoms with Crippen LogP contribution in [-0.2, 0) is 6.42 Å². The van der Waals surface area contributed by atoms with Gasteiger partial charge in [0.25, 0.3) is 0 Å². The SMILES string of the molecule is CCCCc1ccc(N(C)C2CCCCC2C)nc1. The number of unbranched alkanes of at least 4 members (excludes halogenated alkanes) is 1. The van der Waals surface area contributed by atoms with E-state index in [1.54, 1.807) is 0 Å². The first-order chi connectivity index (χ1) is 9.22. The number of hydrogen-bond donors (Lipinski definition) is 0. The summed E-state index contributed by atoms with van der Waals surface area (Å²) in [5.41, 5.74) is 1.37. The summed E-state index contributed by atoms with van der Waals surface area (Å²) >= 11 is 0. The van der Waals surface area contributed by atoms with E-state index in [2.05, 4.69) is 49.1 Å². The molecule has 2 nitrogen and oxygen atoms in total. The average molecular weight is 260 g/mol. The van der Waals surface area contributed by atoms with Crippen molar-refractivity contribution in [3.8, 4) is 0 Å². The van der Waals surface area contributed by atoms with E-state index in [0.717, 1.165) is 18.2 Å². The van der Waals surface area contributed by atoms with Crippen LogP contribution in [0.25, 0.3) is 0 Å². The Morgan fingerprint density at radius 2 is 2.05 bits per heavy atom. The van der Waals surface area contributed by atoms with Crippen LogP contribution in [0.2, 0.25) is 0 Å². The highest BCUT2D eigenvalue weighted by molar-refractivity contribution is 5.40. The van der Waals surface area contributed by atoms with Gasteiger partial charge in [0.15, 0.2) is 0 Å². The maximum atomic E-state index is 4.67. The first-order valence-corrected chi connectivity index (χ1v) is 7.90. The summed E-state index contributed by atoms with van der Waals surface area (Å²) in [6.07, 6.45) is 11.2. The first-order valence-electron chi connectivity index (χ1n) is 7.90. The molecule has 106 valence electrons. The van der Waals surface area contributed by atoms with Crippen molar-refractivity contribution in [3.63, 3.8) is 0 Å². The molecule has 1 aromatic rings. The summed E-state index contributed by atoms with van der Waals surface area (Å²) in [7, 11) is 2.21. The largest absolute Gasteiger partial charge is 0.356 e. The van der Waals surface area contributed by atoms with Crippen LogP contribution < -0.4 is 4.90 Å². The van der Waals surface area contributed by atoms with Gasteiger partial charge >= 0.3 is 0 Å². The zero-order valence-corrected chi connectivity index (χ0v) is 12.7. The number of hydrogen-bond acceptors (Lipinski definition) is 2. The molecule has 0 spiro atoms. The molecule has 1 saturated carbocycles. The Morgan fingerprint density at radius 3 is 2.68 bits per heavy atom. The van der Waals surface area contributed by atoms with Crippen molar-refractivity contribution in [2.24, 2.45) is 5.92 Å². The molecule has 1 heterocycles. The molecule has 1 aliphatic carbocycles. The van der Waals surface area contributed by atoms with E-state index in [1.807, 2.05) is 0 Å². The molecule has 2 heteroatoms. The van der Waals surface area contributed by atoms with Gasteiger partial charge in [0.05, 0.1) is 0 Å². The molecule has 2 rings (SSSR count). The molecule has 1 fully saturated rings. The predicted molar refractivity (Wildman–Crippen MR) is 82.7 cm³/mol. The van der Waals surface area contributed by atoms with Gasteiger partial charge in [-0.1, -0.05) is 39.2 Å². The monoisotopic (exact) mass is 260 g/mol. The minimum absolute atomic E-state index is 0.669. The molecule has 2 unspecified atom stereocenters. The average Bonchev–Trinajstić information content (AvgIpc) is 2.45. The predicted octanol–water partition coefficient (Wildman–Crippen LogP) is 4.44. The van der Waals surface area contributed by atoms with Crippen LogP contribution in [0.3, 0.4) is 0 Å². The van der Waals surface area contributed by atoms with Crippen molar-refractivity contribution in [2.75, 3.05) is 11.9 Å². The van der Waals surface area contributed by atoms with Crippen LogP contribution >= 0.6 is 0 Å². The smallest absolute Gasteiger partial charge is 0.128 e. The van der Waals surface area contributed by atoms with E-state index in [1.165, 1.54) is 44.1 Å². The van der Waals surface area contributed by atoms with Gasteiger partial charge in [-0.25, -0.2) is 4.98 Å². The molecule has 1 aromatic heterocycles. The second kappa shape index (κ2) is 6.93. The van der Waals surface area contributed by atoms with Crippen LogP contribution in [-0.4, -0.2) is 18.1 Å². The number of aryl methyl sites for hydroxylation is 1. The Bertz CT molecular complexity index is 371. The lowest BCUT2D eigenvalue weighted by atomic mass is 9.85. The molecule has 0 amide bonds. The first kappa shape index (κ1) is 14.4. The van der Waals surface area contributed by atoms with Crippen molar-refractivity contribution < 1.29 is 0 Å². The third kappa shape index (κ3) is 3.71. The lowest BCUT2D eigenvalue weighted by Crippen LogP contribution is -2.39. The van der Waals surface area contributed by atoms with Crippen molar-refractivity contribution in [1.29, 1.82) is 0 Å². The van der Waals surface area contributed by atoms with Gasteiger partial charge in [-0.3, -0.25) is 0 Å². The van der Waals surface area contributed by atoms with Crippen LogP contribution in [0.5, 0.6) is 0 Å². The van der Waals surface area contributed by atoms with Crippen molar-refractivity contribution in [3.05, 3.63) is 23.9 Å². The van der Waals surface area contributed by atoms with E-state index >= 15 is 0 Å². The molecule has 0 N–H and O–H groups in total. The third-order valence-corrected chi connectivity index (χ3v) is 4.55. The summed E-state index contributed by atoms with van der Waals surface area (Å²) < 4.78 is 0. The fourth-order valence-electron chi connectivity index (χ4n) is 3.20. The highest BCUT2D eigenvalue weighted by Gasteiger charge is 2.25. The zero-order valence-electron chi connectivity index (χ0n) is 12.7. The molecule has 19 heavy (non-hydrogen) atoms. The molecule has 1 aliphatic rings. The van der Waals surface area contributed by atoms with E-state index in [4.69, 9.17) is 0 Å². The van der Waals surface area contributed by atoms with Crippen LogP contribution in [0.15, 0.2) is 18.3 Å². The van der Waals surface area contributed by atoms with Gasteiger partial charge in [-0.05, 0) is 43.2 Å². The van der Waals surface area contributed by atoms with Crippen LogP contribution in [0.1, 0.15) is 57.9 Å². The topological polar surface area (TPSA) is 16.1 Å². The fourth-order valence-corrected chi connectivity index (χ4v) is 3.20. The van der Waals surface area contributed by atoms with E-state index in [0.29, 0.717) is 6.04 Å². The number of rotatable bonds is 5. The standard InChI is InChI=1S/C17H28N2/c1-4-5-9-15-11-12-17(18-13-15)19(3)16-10-7-6-8-14(16)2/h11-14,16H,4-10H2,1-3H3. The van der Waals surface area contributed by atoms with E-state index in [-0.39, 0.29) is 0 Å². The highest BCUT2D eigenvalue weighted by atomic mass is 15.2. The van der Waals surface area contributed by atoms with Crippen molar-refractivity contribution >= 4 is 5.82 Å². The van der Waals surface area contributed by atoms with Crippen molar-refractivity contribution in [1.82, 2.24) is 4.98 Å². The number of anilines is 1.